The summed E-state index contributed by atoms with van der Waals surface area (Å²) >= 11 is 0. The molecule has 0 aliphatic rings. The summed E-state index contributed by atoms with van der Waals surface area (Å²) in [6, 6.07) is 15.9. The molecule has 0 aliphatic heterocycles. The Bertz CT molecular complexity index is 878. The normalized spacial score (nSPS) is 10.4. The second-order valence-electron chi connectivity index (χ2n) is 5.12. The molecule has 0 spiro atoms. The van der Waals surface area contributed by atoms with Crippen molar-refractivity contribution in [1.82, 2.24) is 4.98 Å². The van der Waals surface area contributed by atoms with Crippen molar-refractivity contribution in [3.8, 4) is 22.8 Å². The highest BCUT2D eigenvalue weighted by Gasteiger charge is 2.08. The fourth-order valence-electron chi connectivity index (χ4n) is 2.16. The summed E-state index contributed by atoms with van der Waals surface area (Å²) in [4.78, 5) is 15.5. The molecule has 0 atom stereocenters. The number of amides is 1. The van der Waals surface area contributed by atoms with E-state index >= 15 is 0 Å². The van der Waals surface area contributed by atoms with Gasteiger partial charge in [0.1, 0.15) is 23.0 Å². The van der Waals surface area contributed by atoms with Crippen molar-refractivity contribution in [2.75, 3.05) is 5.73 Å². The highest BCUT2D eigenvalue weighted by molar-refractivity contribution is 5.92. The fraction of sp³-hybridized carbons (Fsp3) is 0. The van der Waals surface area contributed by atoms with Gasteiger partial charge in [0.2, 0.25) is 0 Å². The number of anilines is 1. The molecule has 0 fully saturated rings. The van der Waals surface area contributed by atoms with Crippen LogP contribution in [-0.4, -0.2) is 10.9 Å². The van der Waals surface area contributed by atoms with E-state index in [1.165, 1.54) is 18.2 Å². The number of rotatable bonds is 4. The Kier molecular flexibility index (Phi) is 4.11. The van der Waals surface area contributed by atoms with Gasteiger partial charge in [-0.15, -0.1) is 0 Å². The van der Waals surface area contributed by atoms with Gasteiger partial charge in [0, 0.05) is 11.3 Å². The first-order valence-corrected chi connectivity index (χ1v) is 7.12. The van der Waals surface area contributed by atoms with Crippen molar-refractivity contribution in [1.29, 1.82) is 0 Å². The van der Waals surface area contributed by atoms with Gasteiger partial charge in [0.15, 0.2) is 0 Å². The van der Waals surface area contributed by atoms with E-state index in [9.17, 15) is 9.18 Å². The zero-order valence-corrected chi connectivity index (χ0v) is 12.6. The number of hydrogen-bond acceptors (Lipinski definition) is 4. The van der Waals surface area contributed by atoms with E-state index in [0.29, 0.717) is 22.9 Å². The molecular weight excluding hydrogens is 309 g/mol. The van der Waals surface area contributed by atoms with E-state index < -0.39 is 5.91 Å². The Labute approximate surface area is 137 Å². The van der Waals surface area contributed by atoms with Gasteiger partial charge in [-0.25, -0.2) is 9.37 Å². The first-order valence-electron chi connectivity index (χ1n) is 7.12. The van der Waals surface area contributed by atoms with Crippen LogP contribution in [0.4, 0.5) is 10.1 Å². The number of ether oxygens (including phenoxy) is 1. The number of benzene rings is 2. The quantitative estimate of drug-likeness (QED) is 0.770. The monoisotopic (exact) mass is 323 g/mol. The third-order valence-electron chi connectivity index (χ3n) is 3.30. The number of nitrogens with two attached hydrogens (primary N) is 2. The van der Waals surface area contributed by atoms with Gasteiger partial charge >= 0.3 is 0 Å². The smallest absolute Gasteiger partial charge is 0.267 e. The van der Waals surface area contributed by atoms with E-state index in [4.69, 9.17) is 16.2 Å². The molecule has 120 valence electrons. The molecule has 6 heteroatoms. The lowest BCUT2D eigenvalue weighted by Crippen LogP contribution is -2.13. The highest BCUT2D eigenvalue weighted by Crippen LogP contribution is 2.26. The zero-order valence-electron chi connectivity index (χ0n) is 12.6. The molecule has 0 aliphatic carbocycles. The lowest BCUT2D eigenvalue weighted by atomic mass is 10.1. The van der Waals surface area contributed by atoms with Crippen LogP contribution < -0.4 is 16.2 Å². The number of hydrogen-bond donors (Lipinski definition) is 2. The van der Waals surface area contributed by atoms with Gasteiger partial charge in [0.25, 0.3) is 5.91 Å². The van der Waals surface area contributed by atoms with Gasteiger partial charge in [-0.2, -0.15) is 0 Å². The Morgan fingerprint density at radius 2 is 1.54 bits per heavy atom. The number of primary amides is 1. The van der Waals surface area contributed by atoms with Crippen LogP contribution in [0.15, 0.2) is 60.7 Å². The summed E-state index contributed by atoms with van der Waals surface area (Å²) in [5, 5.41) is 0. The molecule has 0 radical (unpaired) electrons. The molecule has 3 rings (SSSR count). The van der Waals surface area contributed by atoms with Crippen molar-refractivity contribution in [2.45, 2.75) is 0 Å². The molecule has 3 aromatic rings. The van der Waals surface area contributed by atoms with E-state index in [2.05, 4.69) is 4.98 Å². The minimum absolute atomic E-state index is 0.108. The maximum absolute atomic E-state index is 12.9. The molecule has 1 aromatic heterocycles. The third kappa shape index (κ3) is 3.49. The number of nitrogen functional groups attached to an aromatic ring is 1. The van der Waals surface area contributed by atoms with Crippen LogP contribution in [0, 0.1) is 5.82 Å². The first-order chi connectivity index (χ1) is 11.5. The van der Waals surface area contributed by atoms with Gasteiger partial charge in [-0.05, 0) is 60.7 Å². The van der Waals surface area contributed by atoms with Crippen molar-refractivity contribution >= 4 is 11.6 Å². The number of nitrogens with zero attached hydrogens (tertiary/aromatic N) is 1. The van der Waals surface area contributed by atoms with Gasteiger partial charge < -0.3 is 16.2 Å². The maximum atomic E-state index is 12.9. The summed E-state index contributed by atoms with van der Waals surface area (Å²) in [5.41, 5.74) is 12.8. The van der Waals surface area contributed by atoms with Crippen molar-refractivity contribution < 1.29 is 13.9 Å². The summed E-state index contributed by atoms with van der Waals surface area (Å²) in [5.74, 6) is 0.155. The first kappa shape index (κ1) is 15.5. The Hall–Kier alpha value is -3.41. The molecule has 2 aromatic carbocycles. The molecule has 1 amide bonds. The second-order valence-corrected chi connectivity index (χ2v) is 5.12. The van der Waals surface area contributed by atoms with Crippen LogP contribution in [0.2, 0.25) is 0 Å². The summed E-state index contributed by atoms with van der Waals surface area (Å²) < 4.78 is 18.5. The van der Waals surface area contributed by atoms with E-state index in [-0.39, 0.29) is 11.5 Å². The van der Waals surface area contributed by atoms with Crippen molar-refractivity contribution in [3.63, 3.8) is 0 Å². The standard InChI is InChI=1S/C18H14FN3O2/c19-12-3-7-15(8-4-12)24-14-5-1-11(2-6-14)16-9-13(20)10-17(22-16)18(21)23/h1-10H,(H2,20,22)(H2,21,23). The van der Waals surface area contributed by atoms with Crippen LogP contribution in [0.25, 0.3) is 11.3 Å². The summed E-state index contributed by atoms with van der Waals surface area (Å²) in [6.07, 6.45) is 0. The van der Waals surface area contributed by atoms with E-state index in [0.717, 1.165) is 5.56 Å². The number of aromatic nitrogens is 1. The molecule has 0 saturated heterocycles. The zero-order chi connectivity index (χ0) is 17.1. The Morgan fingerprint density at radius 1 is 0.958 bits per heavy atom. The average molecular weight is 323 g/mol. The lowest BCUT2D eigenvalue weighted by molar-refractivity contribution is 0.0995. The fourth-order valence-corrected chi connectivity index (χ4v) is 2.16. The van der Waals surface area contributed by atoms with Crippen molar-refractivity contribution in [2.24, 2.45) is 5.73 Å². The number of carbonyl (C=O) groups is 1. The molecule has 1 heterocycles. The van der Waals surface area contributed by atoms with E-state index in [1.807, 2.05) is 0 Å². The van der Waals surface area contributed by atoms with E-state index in [1.54, 1.807) is 42.5 Å². The predicted molar refractivity (Wildman–Crippen MR) is 89.1 cm³/mol. The predicted octanol–water partition coefficient (Wildman–Crippen LogP) is 3.36. The molecule has 0 saturated carbocycles. The molecule has 0 unspecified atom stereocenters. The van der Waals surface area contributed by atoms with Crippen LogP contribution in [0.1, 0.15) is 10.5 Å². The molecule has 5 nitrogen and oxygen atoms in total. The number of carbonyl (C=O) groups excluding carboxylic acids is 1. The Morgan fingerprint density at radius 3 is 2.12 bits per heavy atom. The summed E-state index contributed by atoms with van der Waals surface area (Å²) in [6.45, 7) is 0. The minimum Gasteiger partial charge on any atom is -0.457 e. The van der Waals surface area contributed by atoms with Crippen LogP contribution in [0.3, 0.4) is 0 Å². The molecule has 4 N–H and O–H groups in total. The molecule has 24 heavy (non-hydrogen) atoms. The second kappa shape index (κ2) is 6.37. The van der Waals surface area contributed by atoms with Crippen molar-refractivity contribution in [3.05, 3.63) is 72.2 Å². The van der Waals surface area contributed by atoms with Crippen LogP contribution in [-0.2, 0) is 0 Å². The highest BCUT2D eigenvalue weighted by atomic mass is 19.1. The third-order valence-corrected chi connectivity index (χ3v) is 3.30. The number of halogens is 1. The molecular formula is C18H14FN3O2. The van der Waals surface area contributed by atoms with Crippen LogP contribution >= 0.6 is 0 Å². The average Bonchev–Trinajstić information content (AvgIpc) is 2.57. The minimum atomic E-state index is -0.639. The lowest BCUT2D eigenvalue weighted by Gasteiger charge is -2.08. The number of pyridine rings is 1. The van der Waals surface area contributed by atoms with Gasteiger partial charge in [-0.1, -0.05) is 0 Å². The van der Waals surface area contributed by atoms with Gasteiger partial charge in [0.05, 0.1) is 5.69 Å². The topological polar surface area (TPSA) is 91.2 Å². The van der Waals surface area contributed by atoms with Crippen LogP contribution in [0.5, 0.6) is 11.5 Å². The van der Waals surface area contributed by atoms with Gasteiger partial charge in [-0.3, -0.25) is 4.79 Å². The summed E-state index contributed by atoms with van der Waals surface area (Å²) in [7, 11) is 0. The maximum Gasteiger partial charge on any atom is 0.267 e. The Balaban J connectivity index is 1.84. The molecule has 0 bridgehead atoms. The SMILES string of the molecule is NC(=O)c1cc(N)cc(-c2ccc(Oc3ccc(F)cc3)cc2)n1. The largest absolute Gasteiger partial charge is 0.457 e.